The standard InChI is InChI=1S/C26H19F6N3O/c27-25(28,29)19-7-5-17(6-8-19)16-1-3-18(4-2-16)23-13-20(26(30,31)32)15-35(23)22-11-9-21(10-12-22)34-24(36)14-33/h1-13,15H,14,33H2,(H,34,36). The summed E-state index contributed by atoms with van der Waals surface area (Å²) in [4.78, 5) is 11.5. The Labute approximate surface area is 202 Å². The number of nitrogens with two attached hydrogens (primary N) is 1. The van der Waals surface area contributed by atoms with Gasteiger partial charge in [-0.3, -0.25) is 4.79 Å². The Hall–Kier alpha value is -4.05. The van der Waals surface area contributed by atoms with Gasteiger partial charge in [0.2, 0.25) is 5.91 Å². The van der Waals surface area contributed by atoms with Crippen molar-refractivity contribution in [1.82, 2.24) is 4.57 Å². The maximum Gasteiger partial charge on any atom is 0.417 e. The van der Waals surface area contributed by atoms with Crippen LogP contribution in [0.3, 0.4) is 0 Å². The lowest BCUT2D eigenvalue weighted by Crippen LogP contribution is -2.21. The second-order valence-corrected chi connectivity index (χ2v) is 7.93. The molecule has 0 aliphatic rings. The maximum absolute atomic E-state index is 13.5. The maximum atomic E-state index is 13.5. The number of nitrogens with zero attached hydrogens (tertiary/aromatic N) is 1. The fourth-order valence-corrected chi connectivity index (χ4v) is 3.66. The van der Waals surface area contributed by atoms with Crippen LogP contribution < -0.4 is 11.1 Å². The number of halogens is 6. The lowest BCUT2D eigenvalue weighted by atomic mass is 10.0. The van der Waals surface area contributed by atoms with E-state index < -0.39 is 29.4 Å². The molecular formula is C26H19F6N3O. The fourth-order valence-electron chi connectivity index (χ4n) is 3.66. The number of benzene rings is 3. The number of rotatable bonds is 5. The van der Waals surface area contributed by atoms with Crippen LogP contribution in [0.25, 0.3) is 28.1 Å². The van der Waals surface area contributed by atoms with Crippen LogP contribution in [-0.2, 0) is 17.1 Å². The molecule has 10 heteroatoms. The van der Waals surface area contributed by atoms with Crippen molar-refractivity contribution in [2.45, 2.75) is 12.4 Å². The van der Waals surface area contributed by atoms with Crippen molar-refractivity contribution >= 4 is 11.6 Å². The number of aromatic nitrogens is 1. The highest BCUT2D eigenvalue weighted by Gasteiger charge is 2.33. The number of nitrogens with one attached hydrogen (secondary N) is 1. The summed E-state index contributed by atoms with van der Waals surface area (Å²) in [6.45, 7) is -0.207. The molecule has 1 heterocycles. The van der Waals surface area contributed by atoms with Crippen LogP contribution in [0.4, 0.5) is 32.0 Å². The van der Waals surface area contributed by atoms with Crippen LogP contribution in [0.5, 0.6) is 0 Å². The normalized spacial score (nSPS) is 12.0. The van der Waals surface area contributed by atoms with Crippen LogP contribution in [-0.4, -0.2) is 17.0 Å². The Bertz CT molecular complexity index is 1350. The summed E-state index contributed by atoms with van der Waals surface area (Å²) in [7, 11) is 0. The molecule has 1 amide bonds. The number of carbonyl (C=O) groups excluding carboxylic acids is 1. The van der Waals surface area contributed by atoms with Crippen LogP contribution in [0.1, 0.15) is 11.1 Å². The first kappa shape index (κ1) is 25.1. The Morgan fingerprint density at radius 3 is 1.72 bits per heavy atom. The van der Waals surface area contributed by atoms with Gasteiger partial charge >= 0.3 is 12.4 Å². The number of hydrogen-bond donors (Lipinski definition) is 2. The van der Waals surface area contributed by atoms with Gasteiger partial charge in [-0.05, 0) is 59.2 Å². The minimum absolute atomic E-state index is 0.207. The van der Waals surface area contributed by atoms with Gasteiger partial charge in [-0.2, -0.15) is 26.3 Å². The SMILES string of the molecule is NCC(=O)Nc1ccc(-n2cc(C(F)(F)F)cc2-c2ccc(-c3ccc(C(F)(F)F)cc3)cc2)cc1. The molecule has 186 valence electrons. The predicted octanol–water partition coefficient (Wildman–Crippen LogP) is 6.75. The highest BCUT2D eigenvalue weighted by atomic mass is 19.4. The molecule has 0 spiro atoms. The molecule has 0 saturated carbocycles. The zero-order valence-electron chi connectivity index (χ0n) is 18.5. The quantitative estimate of drug-likeness (QED) is 0.296. The van der Waals surface area contributed by atoms with Crippen LogP contribution in [0.2, 0.25) is 0 Å². The highest BCUT2D eigenvalue weighted by molar-refractivity contribution is 5.92. The highest BCUT2D eigenvalue weighted by Crippen LogP contribution is 2.36. The fraction of sp³-hybridized carbons (Fsp3) is 0.115. The van der Waals surface area contributed by atoms with E-state index in [1.54, 1.807) is 48.5 Å². The third-order valence-electron chi connectivity index (χ3n) is 5.49. The molecule has 0 saturated heterocycles. The van der Waals surface area contributed by atoms with Crippen molar-refractivity contribution in [3.8, 4) is 28.1 Å². The van der Waals surface area contributed by atoms with Gasteiger partial charge in [0.1, 0.15) is 0 Å². The molecule has 3 N–H and O–H groups in total. The molecule has 1 aromatic heterocycles. The van der Waals surface area contributed by atoms with Crippen molar-refractivity contribution in [3.05, 3.63) is 96.2 Å². The van der Waals surface area contributed by atoms with Crippen molar-refractivity contribution in [2.75, 3.05) is 11.9 Å². The molecular weight excluding hydrogens is 484 g/mol. The van der Waals surface area contributed by atoms with Gasteiger partial charge < -0.3 is 15.6 Å². The third-order valence-corrected chi connectivity index (χ3v) is 5.49. The van der Waals surface area contributed by atoms with E-state index in [0.29, 0.717) is 28.1 Å². The summed E-state index contributed by atoms with van der Waals surface area (Å²) in [5, 5.41) is 2.56. The van der Waals surface area contributed by atoms with E-state index in [1.165, 1.54) is 16.7 Å². The summed E-state index contributed by atoms with van der Waals surface area (Å²) in [6.07, 6.45) is -8.04. The lowest BCUT2D eigenvalue weighted by Gasteiger charge is -2.12. The second kappa shape index (κ2) is 9.54. The molecule has 0 fully saturated rings. The van der Waals surface area contributed by atoms with Crippen molar-refractivity contribution in [2.24, 2.45) is 5.73 Å². The molecule has 3 aromatic carbocycles. The topological polar surface area (TPSA) is 60.1 Å². The average molecular weight is 503 g/mol. The van der Waals surface area contributed by atoms with Crippen LogP contribution in [0, 0.1) is 0 Å². The molecule has 0 atom stereocenters. The Morgan fingerprint density at radius 2 is 1.22 bits per heavy atom. The van der Waals surface area contributed by atoms with Crippen molar-refractivity contribution < 1.29 is 31.1 Å². The van der Waals surface area contributed by atoms with Crippen LogP contribution in [0.15, 0.2) is 85.1 Å². The van der Waals surface area contributed by atoms with Crippen molar-refractivity contribution in [3.63, 3.8) is 0 Å². The summed E-state index contributed by atoms with van der Waals surface area (Å²) < 4.78 is 80.3. The van der Waals surface area contributed by atoms with E-state index in [0.717, 1.165) is 24.4 Å². The summed E-state index contributed by atoms with van der Waals surface area (Å²) in [5.74, 6) is -0.406. The van der Waals surface area contributed by atoms with Gasteiger partial charge in [0.15, 0.2) is 0 Å². The molecule has 0 bridgehead atoms. The summed E-state index contributed by atoms with van der Waals surface area (Å²) >= 11 is 0. The molecule has 4 rings (SSSR count). The molecule has 0 unspecified atom stereocenters. The number of alkyl halides is 6. The zero-order chi connectivity index (χ0) is 26.1. The second-order valence-electron chi connectivity index (χ2n) is 7.93. The molecule has 4 aromatic rings. The van der Waals surface area contributed by atoms with Gasteiger partial charge in [-0.15, -0.1) is 0 Å². The monoisotopic (exact) mass is 503 g/mol. The molecule has 4 nitrogen and oxygen atoms in total. The Kier molecular flexibility index (Phi) is 6.64. The molecule has 0 aliphatic heterocycles. The summed E-state index contributed by atoms with van der Waals surface area (Å²) in [5.41, 5.74) is 6.42. The zero-order valence-corrected chi connectivity index (χ0v) is 18.5. The van der Waals surface area contributed by atoms with Crippen LogP contribution >= 0.6 is 0 Å². The van der Waals surface area contributed by atoms with E-state index in [1.807, 2.05) is 0 Å². The molecule has 36 heavy (non-hydrogen) atoms. The predicted molar refractivity (Wildman–Crippen MR) is 124 cm³/mol. The van der Waals surface area contributed by atoms with Gasteiger partial charge in [0.05, 0.1) is 23.4 Å². The summed E-state index contributed by atoms with van der Waals surface area (Å²) in [6, 6.07) is 18.4. The minimum Gasteiger partial charge on any atom is -0.325 e. The molecule has 0 radical (unpaired) electrons. The van der Waals surface area contributed by atoms with E-state index in [9.17, 15) is 31.1 Å². The molecule has 0 aliphatic carbocycles. The number of anilines is 1. The number of carbonyl (C=O) groups is 1. The lowest BCUT2D eigenvalue weighted by molar-refractivity contribution is -0.138. The van der Waals surface area contributed by atoms with Gasteiger partial charge in [-0.1, -0.05) is 36.4 Å². The third kappa shape index (κ3) is 5.44. The first-order valence-electron chi connectivity index (χ1n) is 10.6. The largest absolute Gasteiger partial charge is 0.417 e. The van der Waals surface area contributed by atoms with E-state index in [4.69, 9.17) is 5.73 Å². The van der Waals surface area contributed by atoms with E-state index >= 15 is 0 Å². The Balaban J connectivity index is 1.68. The van der Waals surface area contributed by atoms with Crippen molar-refractivity contribution in [1.29, 1.82) is 0 Å². The van der Waals surface area contributed by atoms with E-state index in [2.05, 4.69) is 5.32 Å². The number of hydrogen-bond acceptors (Lipinski definition) is 2. The smallest absolute Gasteiger partial charge is 0.325 e. The van der Waals surface area contributed by atoms with E-state index in [-0.39, 0.29) is 12.2 Å². The average Bonchev–Trinajstić information content (AvgIpc) is 3.30. The first-order valence-corrected chi connectivity index (χ1v) is 10.6. The van der Waals surface area contributed by atoms with Gasteiger partial charge in [0, 0.05) is 17.6 Å². The first-order chi connectivity index (χ1) is 17.0. The van der Waals surface area contributed by atoms with Gasteiger partial charge in [-0.25, -0.2) is 0 Å². The number of amides is 1. The minimum atomic E-state index is -4.57. The Morgan fingerprint density at radius 1 is 0.722 bits per heavy atom. The van der Waals surface area contributed by atoms with Gasteiger partial charge in [0.25, 0.3) is 0 Å².